The molecule has 0 aliphatic carbocycles. The molecule has 2 amide bonds. The summed E-state index contributed by atoms with van der Waals surface area (Å²) < 4.78 is 10.2. The molecule has 0 aromatic heterocycles. The van der Waals surface area contributed by atoms with E-state index in [1.807, 2.05) is 0 Å². The molecule has 0 atom stereocenters. The van der Waals surface area contributed by atoms with Gasteiger partial charge < -0.3 is 9.47 Å². The van der Waals surface area contributed by atoms with Crippen molar-refractivity contribution in [1.29, 1.82) is 0 Å². The van der Waals surface area contributed by atoms with E-state index < -0.39 is 17.1 Å². The molecule has 3 rings (SSSR count). The third kappa shape index (κ3) is 5.79. The number of para-hydroxylation sites is 2. The zero-order valence-electron chi connectivity index (χ0n) is 14.9. The summed E-state index contributed by atoms with van der Waals surface area (Å²) in [5, 5.41) is 16.0. The number of nitro groups is 1. The summed E-state index contributed by atoms with van der Waals surface area (Å²) in [6, 6.07) is 20.2. The number of non-ortho nitro benzene ring substituents is 1. The highest BCUT2D eigenvalue weighted by molar-refractivity contribution is 5.91. The molecular weight excluding hydrogens is 378 g/mol. The van der Waals surface area contributed by atoms with E-state index in [4.69, 9.17) is 9.47 Å². The van der Waals surface area contributed by atoms with Crippen LogP contribution < -0.4 is 20.1 Å². The van der Waals surface area contributed by atoms with Gasteiger partial charge in [-0.2, -0.15) is 0 Å². The minimum Gasteiger partial charge on any atom is -0.410 e. The number of amides is 2. The van der Waals surface area contributed by atoms with Gasteiger partial charge in [-0.25, -0.2) is 9.59 Å². The molecule has 3 aromatic rings. The molecular formula is C20H15N3O6. The topological polar surface area (TPSA) is 120 Å². The monoisotopic (exact) mass is 393 g/mol. The van der Waals surface area contributed by atoms with E-state index in [-0.39, 0.29) is 17.1 Å². The van der Waals surface area contributed by atoms with Crippen LogP contribution in [0.3, 0.4) is 0 Å². The number of rotatable bonds is 5. The SMILES string of the molecule is O=C(Nc1cc(NC(=O)Oc2ccccc2)cc([N+](=O)[O-])c1)Oc1ccccc1. The van der Waals surface area contributed by atoms with Gasteiger partial charge in [0.2, 0.25) is 0 Å². The maximum atomic E-state index is 12.0. The maximum absolute atomic E-state index is 12.0. The number of hydrogen-bond donors (Lipinski definition) is 2. The number of benzene rings is 3. The molecule has 0 bridgehead atoms. The highest BCUT2D eigenvalue weighted by Gasteiger charge is 2.15. The van der Waals surface area contributed by atoms with Crippen molar-refractivity contribution in [2.45, 2.75) is 0 Å². The van der Waals surface area contributed by atoms with Crippen LogP contribution in [0.4, 0.5) is 26.7 Å². The summed E-state index contributed by atoms with van der Waals surface area (Å²) in [6.07, 6.45) is -1.68. The molecule has 0 saturated carbocycles. The van der Waals surface area contributed by atoms with Crippen molar-refractivity contribution in [3.8, 4) is 11.5 Å². The first-order valence-electron chi connectivity index (χ1n) is 8.37. The van der Waals surface area contributed by atoms with Gasteiger partial charge in [0, 0.05) is 12.1 Å². The number of carbonyl (C=O) groups excluding carboxylic acids is 2. The minimum atomic E-state index is -0.838. The molecule has 0 unspecified atom stereocenters. The van der Waals surface area contributed by atoms with E-state index >= 15 is 0 Å². The molecule has 3 aromatic carbocycles. The molecule has 0 aliphatic heterocycles. The fourth-order valence-electron chi connectivity index (χ4n) is 2.34. The normalized spacial score (nSPS) is 9.93. The van der Waals surface area contributed by atoms with Crippen molar-refractivity contribution < 1.29 is 24.0 Å². The number of hydrogen-bond acceptors (Lipinski definition) is 6. The number of nitrogens with one attached hydrogen (secondary N) is 2. The largest absolute Gasteiger partial charge is 0.417 e. The van der Waals surface area contributed by atoms with Crippen molar-refractivity contribution in [1.82, 2.24) is 0 Å². The number of ether oxygens (including phenoxy) is 2. The predicted octanol–water partition coefficient (Wildman–Crippen LogP) is 4.82. The molecule has 0 radical (unpaired) electrons. The quantitative estimate of drug-likeness (QED) is 0.474. The van der Waals surface area contributed by atoms with Gasteiger partial charge in [0.25, 0.3) is 5.69 Å². The molecule has 0 aliphatic rings. The molecule has 0 fully saturated rings. The van der Waals surface area contributed by atoms with Crippen LogP contribution in [-0.4, -0.2) is 17.1 Å². The Morgan fingerprint density at radius 2 is 1.14 bits per heavy atom. The predicted molar refractivity (Wildman–Crippen MR) is 105 cm³/mol. The summed E-state index contributed by atoms with van der Waals surface area (Å²) in [4.78, 5) is 34.6. The smallest absolute Gasteiger partial charge is 0.410 e. The van der Waals surface area contributed by atoms with E-state index in [1.54, 1.807) is 60.7 Å². The van der Waals surface area contributed by atoms with Crippen molar-refractivity contribution in [3.63, 3.8) is 0 Å². The first-order valence-corrected chi connectivity index (χ1v) is 8.37. The molecule has 29 heavy (non-hydrogen) atoms. The summed E-state index contributed by atoms with van der Waals surface area (Å²) >= 11 is 0. The maximum Gasteiger partial charge on any atom is 0.417 e. The van der Waals surface area contributed by atoms with Crippen molar-refractivity contribution in [2.75, 3.05) is 10.6 Å². The molecule has 2 N–H and O–H groups in total. The van der Waals surface area contributed by atoms with Gasteiger partial charge in [0.15, 0.2) is 0 Å². The number of anilines is 2. The third-order valence-corrected chi connectivity index (χ3v) is 3.53. The van der Waals surface area contributed by atoms with E-state index in [2.05, 4.69) is 10.6 Å². The first kappa shape index (κ1) is 19.4. The molecule has 146 valence electrons. The lowest BCUT2D eigenvalue weighted by Crippen LogP contribution is -2.18. The van der Waals surface area contributed by atoms with E-state index in [1.165, 1.54) is 6.07 Å². The molecule has 0 spiro atoms. The average Bonchev–Trinajstić information content (AvgIpc) is 2.69. The van der Waals surface area contributed by atoms with Crippen LogP contribution in [0, 0.1) is 10.1 Å². The van der Waals surface area contributed by atoms with Gasteiger partial charge in [-0.05, 0) is 30.3 Å². The lowest BCUT2D eigenvalue weighted by molar-refractivity contribution is -0.384. The number of nitro benzene ring substituents is 1. The van der Waals surface area contributed by atoms with E-state index in [9.17, 15) is 19.7 Å². The first-order chi connectivity index (χ1) is 14.0. The van der Waals surface area contributed by atoms with Gasteiger partial charge >= 0.3 is 12.2 Å². The van der Waals surface area contributed by atoms with Crippen LogP contribution in [0.5, 0.6) is 11.5 Å². The Hall–Kier alpha value is -4.40. The molecule has 9 nitrogen and oxygen atoms in total. The van der Waals surface area contributed by atoms with Gasteiger partial charge in [-0.1, -0.05) is 36.4 Å². The Morgan fingerprint density at radius 1 is 0.724 bits per heavy atom. The van der Waals surface area contributed by atoms with Gasteiger partial charge in [-0.3, -0.25) is 20.7 Å². The standard InChI is InChI=1S/C20H15N3O6/c24-19(28-17-7-3-1-4-8-17)21-14-11-15(13-16(12-14)23(26)27)22-20(25)29-18-9-5-2-6-10-18/h1-13H,(H,21,24)(H,22,25). The lowest BCUT2D eigenvalue weighted by Gasteiger charge is -2.10. The zero-order valence-corrected chi connectivity index (χ0v) is 14.9. The summed E-state index contributed by atoms with van der Waals surface area (Å²) in [5.74, 6) is 0.612. The number of nitrogens with zero attached hydrogens (tertiary/aromatic N) is 1. The van der Waals surface area contributed by atoms with Crippen LogP contribution in [-0.2, 0) is 0 Å². The number of carbonyl (C=O) groups is 2. The minimum absolute atomic E-state index is 0.0649. The molecule has 0 heterocycles. The summed E-state index contributed by atoms with van der Waals surface area (Å²) in [6.45, 7) is 0. The average molecular weight is 393 g/mol. The Balaban J connectivity index is 1.72. The third-order valence-electron chi connectivity index (χ3n) is 3.53. The highest BCUT2D eigenvalue weighted by Crippen LogP contribution is 2.25. The second-order valence-corrected chi connectivity index (χ2v) is 5.68. The van der Waals surface area contributed by atoms with Crippen LogP contribution in [0.2, 0.25) is 0 Å². The molecule has 9 heteroatoms. The fraction of sp³-hybridized carbons (Fsp3) is 0. The van der Waals surface area contributed by atoms with Gasteiger partial charge in [-0.15, -0.1) is 0 Å². The van der Waals surface area contributed by atoms with Gasteiger partial charge in [0.05, 0.1) is 16.3 Å². The van der Waals surface area contributed by atoms with Gasteiger partial charge in [0.1, 0.15) is 11.5 Å². The zero-order chi connectivity index (χ0) is 20.6. The van der Waals surface area contributed by atoms with Crippen LogP contribution >= 0.6 is 0 Å². The Kier molecular flexibility index (Phi) is 6.01. The van der Waals surface area contributed by atoms with Crippen LogP contribution in [0.15, 0.2) is 78.9 Å². The Bertz CT molecular complexity index is 951. The fourth-order valence-corrected chi connectivity index (χ4v) is 2.34. The van der Waals surface area contributed by atoms with Crippen molar-refractivity contribution in [2.24, 2.45) is 0 Å². The van der Waals surface area contributed by atoms with Crippen molar-refractivity contribution >= 4 is 29.2 Å². The van der Waals surface area contributed by atoms with Crippen molar-refractivity contribution in [3.05, 3.63) is 89.0 Å². The molecule has 0 saturated heterocycles. The Morgan fingerprint density at radius 3 is 1.52 bits per heavy atom. The Labute approximate surface area is 165 Å². The second kappa shape index (κ2) is 9.00. The second-order valence-electron chi connectivity index (χ2n) is 5.68. The van der Waals surface area contributed by atoms with E-state index in [0.29, 0.717) is 11.5 Å². The highest BCUT2D eigenvalue weighted by atomic mass is 16.6. The van der Waals surface area contributed by atoms with Crippen LogP contribution in [0.25, 0.3) is 0 Å². The van der Waals surface area contributed by atoms with Crippen LogP contribution in [0.1, 0.15) is 0 Å². The summed E-state index contributed by atoms with van der Waals surface area (Å²) in [7, 11) is 0. The lowest BCUT2D eigenvalue weighted by atomic mass is 10.2. The van der Waals surface area contributed by atoms with E-state index in [0.717, 1.165) is 12.1 Å². The summed E-state index contributed by atoms with van der Waals surface area (Å²) in [5.41, 5.74) is -0.206.